The molecule has 6 nitrogen and oxygen atoms in total. The fourth-order valence-corrected chi connectivity index (χ4v) is 2.71. The maximum Gasteiger partial charge on any atom is 0.320 e. The smallest absolute Gasteiger partial charge is 0.320 e. The van der Waals surface area contributed by atoms with Crippen LogP contribution in [0.25, 0.3) is 0 Å². The summed E-state index contributed by atoms with van der Waals surface area (Å²) < 4.78 is 5.08. The van der Waals surface area contributed by atoms with Crippen LogP contribution in [0.2, 0.25) is 0 Å². The van der Waals surface area contributed by atoms with E-state index >= 15 is 0 Å². The zero-order chi connectivity index (χ0) is 16.7. The number of anilines is 1. The van der Waals surface area contributed by atoms with Gasteiger partial charge in [-0.3, -0.25) is 5.32 Å². The molecule has 1 heterocycles. The molecule has 2 amide bonds. The van der Waals surface area contributed by atoms with Crippen LogP contribution in [0.4, 0.5) is 10.6 Å². The average molecular weight is 332 g/mol. The lowest BCUT2D eigenvalue weighted by Crippen LogP contribution is -2.31. The van der Waals surface area contributed by atoms with Gasteiger partial charge >= 0.3 is 6.03 Å². The molecule has 122 valence electrons. The quantitative estimate of drug-likeness (QED) is 0.628. The Balaban J connectivity index is 1.75. The Morgan fingerprint density at radius 2 is 2.13 bits per heavy atom. The standard InChI is InChI=1S/C16H20N4O2S/c1-11-4-5-13(8-12(11)2)23-7-6-18-16(21)20-15-14(22-3)9-17-10-19-15/h4-5,8-10H,6-7H2,1-3H3,(H2,17,18,19,20,21). The molecular formula is C16H20N4O2S. The van der Waals surface area contributed by atoms with Crippen LogP contribution in [0, 0.1) is 13.8 Å². The number of nitrogens with one attached hydrogen (secondary N) is 2. The number of carbonyl (C=O) groups is 1. The first-order valence-corrected chi connectivity index (χ1v) is 8.17. The summed E-state index contributed by atoms with van der Waals surface area (Å²) in [5, 5.41) is 5.43. The highest BCUT2D eigenvalue weighted by Crippen LogP contribution is 2.21. The molecule has 2 rings (SSSR count). The van der Waals surface area contributed by atoms with Gasteiger partial charge in [0.05, 0.1) is 13.3 Å². The van der Waals surface area contributed by atoms with Gasteiger partial charge in [0.2, 0.25) is 0 Å². The van der Waals surface area contributed by atoms with Crippen molar-refractivity contribution in [1.82, 2.24) is 15.3 Å². The third-order valence-corrected chi connectivity index (χ3v) is 4.26. The van der Waals surface area contributed by atoms with Crippen molar-refractivity contribution in [2.45, 2.75) is 18.7 Å². The molecular weight excluding hydrogens is 312 g/mol. The van der Waals surface area contributed by atoms with E-state index in [0.717, 1.165) is 5.75 Å². The van der Waals surface area contributed by atoms with Gasteiger partial charge in [0.25, 0.3) is 0 Å². The highest BCUT2D eigenvalue weighted by molar-refractivity contribution is 7.99. The number of carbonyl (C=O) groups excluding carboxylic acids is 1. The lowest BCUT2D eigenvalue weighted by molar-refractivity contribution is 0.252. The molecule has 0 fully saturated rings. The SMILES string of the molecule is COc1cncnc1NC(=O)NCCSc1ccc(C)c(C)c1. The van der Waals surface area contributed by atoms with Gasteiger partial charge in [-0.15, -0.1) is 11.8 Å². The number of hydrogen-bond acceptors (Lipinski definition) is 5. The van der Waals surface area contributed by atoms with Crippen molar-refractivity contribution in [3.8, 4) is 5.75 Å². The largest absolute Gasteiger partial charge is 0.491 e. The van der Waals surface area contributed by atoms with Crippen LogP contribution < -0.4 is 15.4 Å². The molecule has 2 aromatic rings. The van der Waals surface area contributed by atoms with Crippen molar-refractivity contribution in [3.63, 3.8) is 0 Å². The number of hydrogen-bond donors (Lipinski definition) is 2. The number of amides is 2. The number of urea groups is 1. The molecule has 1 aromatic carbocycles. The maximum absolute atomic E-state index is 11.8. The topological polar surface area (TPSA) is 76.1 Å². The zero-order valence-corrected chi connectivity index (χ0v) is 14.2. The minimum atomic E-state index is -0.317. The monoisotopic (exact) mass is 332 g/mol. The molecule has 0 saturated carbocycles. The van der Waals surface area contributed by atoms with Crippen molar-refractivity contribution >= 4 is 23.6 Å². The van der Waals surface area contributed by atoms with E-state index in [2.05, 4.69) is 52.6 Å². The predicted octanol–water partition coefficient (Wildman–Crippen LogP) is 3.02. The highest BCUT2D eigenvalue weighted by Gasteiger charge is 2.08. The van der Waals surface area contributed by atoms with E-state index < -0.39 is 0 Å². The highest BCUT2D eigenvalue weighted by atomic mass is 32.2. The van der Waals surface area contributed by atoms with Crippen LogP contribution in [-0.2, 0) is 0 Å². The number of nitrogens with zero attached hydrogens (tertiary/aromatic N) is 2. The van der Waals surface area contributed by atoms with E-state index in [1.807, 2.05) is 0 Å². The van der Waals surface area contributed by atoms with Crippen LogP contribution in [0.15, 0.2) is 35.6 Å². The molecule has 0 unspecified atom stereocenters. The van der Waals surface area contributed by atoms with Gasteiger partial charge in [-0.1, -0.05) is 6.07 Å². The number of thioether (sulfide) groups is 1. The fraction of sp³-hybridized carbons (Fsp3) is 0.312. The van der Waals surface area contributed by atoms with E-state index in [1.165, 1.54) is 35.7 Å². The third-order valence-electron chi connectivity index (χ3n) is 3.27. The summed E-state index contributed by atoms with van der Waals surface area (Å²) >= 11 is 1.71. The Morgan fingerprint density at radius 1 is 1.30 bits per heavy atom. The van der Waals surface area contributed by atoms with Crippen LogP contribution in [0.1, 0.15) is 11.1 Å². The summed E-state index contributed by atoms with van der Waals surface area (Å²) in [7, 11) is 1.50. The van der Waals surface area contributed by atoms with Gasteiger partial charge in [0, 0.05) is 17.2 Å². The van der Waals surface area contributed by atoms with E-state index in [-0.39, 0.29) is 6.03 Å². The molecule has 0 aliphatic carbocycles. The summed E-state index contributed by atoms with van der Waals surface area (Å²) in [6.45, 7) is 4.74. The van der Waals surface area contributed by atoms with Gasteiger partial charge in [0.15, 0.2) is 11.6 Å². The number of aryl methyl sites for hydroxylation is 2. The van der Waals surface area contributed by atoms with Gasteiger partial charge in [-0.05, 0) is 37.1 Å². The van der Waals surface area contributed by atoms with E-state index in [4.69, 9.17) is 4.74 Å². The maximum atomic E-state index is 11.8. The Labute approximate surface area is 140 Å². The van der Waals surface area contributed by atoms with E-state index in [9.17, 15) is 4.79 Å². The van der Waals surface area contributed by atoms with Crippen molar-refractivity contribution in [2.24, 2.45) is 0 Å². The molecule has 0 aliphatic rings. The van der Waals surface area contributed by atoms with Gasteiger partial charge in [0.1, 0.15) is 6.33 Å². The normalized spacial score (nSPS) is 10.2. The molecule has 0 atom stereocenters. The fourth-order valence-electron chi connectivity index (χ4n) is 1.85. The number of benzene rings is 1. The number of rotatable bonds is 6. The molecule has 0 saturated heterocycles. The zero-order valence-electron chi connectivity index (χ0n) is 13.4. The van der Waals surface area contributed by atoms with Gasteiger partial charge < -0.3 is 10.1 Å². The second-order valence-corrected chi connectivity index (χ2v) is 6.08. The number of ether oxygens (including phenoxy) is 1. The summed E-state index contributed by atoms with van der Waals surface area (Å²) in [6.07, 6.45) is 2.85. The second kappa shape index (κ2) is 8.38. The Bertz CT molecular complexity index is 679. The lowest BCUT2D eigenvalue weighted by Gasteiger charge is -2.09. The van der Waals surface area contributed by atoms with E-state index in [1.54, 1.807) is 11.8 Å². The molecule has 23 heavy (non-hydrogen) atoms. The first kappa shape index (κ1) is 17.1. The van der Waals surface area contributed by atoms with E-state index in [0.29, 0.717) is 18.1 Å². The summed E-state index contributed by atoms with van der Waals surface area (Å²) in [5.41, 5.74) is 2.56. The van der Waals surface area contributed by atoms with Gasteiger partial charge in [-0.25, -0.2) is 14.8 Å². The number of aromatic nitrogens is 2. The van der Waals surface area contributed by atoms with Crippen LogP contribution in [0.5, 0.6) is 5.75 Å². The van der Waals surface area contributed by atoms with Gasteiger partial charge in [-0.2, -0.15) is 0 Å². The van der Waals surface area contributed by atoms with Crippen molar-refractivity contribution in [2.75, 3.05) is 24.7 Å². The molecule has 0 aliphatic heterocycles. The molecule has 0 radical (unpaired) electrons. The van der Waals surface area contributed by atoms with Crippen molar-refractivity contribution in [3.05, 3.63) is 41.9 Å². The molecule has 7 heteroatoms. The van der Waals surface area contributed by atoms with Crippen LogP contribution in [0.3, 0.4) is 0 Å². The van der Waals surface area contributed by atoms with Crippen molar-refractivity contribution < 1.29 is 9.53 Å². The first-order chi connectivity index (χ1) is 11.1. The predicted molar refractivity (Wildman–Crippen MR) is 92.2 cm³/mol. The lowest BCUT2D eigenvalue weighted by atomic mass is 10.1. The third kappa shape index (κ3) is 5.14. The minimum absolute atomic E-state index is 0.317. The molecule has 0 spiro atoms. The summed E-state index contributed by atoms with van der Waals surface area (Å²) in [6, 6.07) is 6.05. The van der Waals surface area contributed by atoms with Crippen LogP contribution >= 0.6 is 11.8 Å². The first-order valence-electron chi connectivity index (χ1n) is 7.19. The Hall–Kier alpha value is -2.28. The molecule has 2 N–H and O–H groups in total. The second-order valence-electron chi connectivity index (χ2n) is 4.92. The Morgan fingerprint density at radius 3 is 2.87 bits per heavy atom. The van der Waals surface area contributed by atoms with Crippen LogP contribution in [-0.4, -0.2) is 35.4 Å². The minimum Gasteiger partial charge on any atom is -0.491 e. The number of methoxy groups -OCH3 is 1. The molecule has 0 bridgehead atoms. The Kier molecular flexibility index (Phi) is 6.22. The molecule has 1 aromatic heterocycles. The summed E-state index contributed by atoms with van der Waals surface area (Å²) in [4.78, 5) is 20.8. The summed E-state index contributed by atoms with van der Waals surface area (Å²) in [5.74, 6) is 1.56. The average Bonchev–Trinajstić information content (AvgIpc) is 2.55. The van der Waals surface area contributed by atoms with Crippen molar-refractivity contribution in [1.29, 1.82) is 0 Å².